The van der Waals surface area contributed by atoms with Gasteiger partial charge in [0.2, 0.25) is 5.75 Å². The molecular formula is C28H37NO4. The Morgan fingerprint density at radius 3 is 2.30 bits per heavy atom. The first-order valence-corrected chi connectivity index (χ1v) is 12.3. The number of fused-ring (bicyclic) bond motifs is 1. The van der Waals surface area contributed by atoms with Crippen molar-refractivity contribution in [1.29, 1.82) is 0 Å². The molecule has 0 spiro atoms. The van der Waals surface area contributed by atoms with Gasteiger partial charge in [-0.1, -0.05) is 82.7 Å². The number of aromatic nitrogens is 1. The first-order valence-electron chi connectivity index (χ1n) is 12.3. The summed E-state index contributed by atoms with van der Waals surface area (Å²) >= 11 is 0. The Bertz CT molecular complexity index is 1060. The largest absolute Gasteiger partial charge is 0.508 e. The zero-order valence-corrected chi connectivity index (χ0v) is 20.0. The van der Waals surface area contributed by atoms with Crippen LogP contribution in [0, 0.1) is 0 Å². The van der Waals surface area contributed by atoms with Gasteiger partial charge in [-0.2, -0.15) is 0 Å². The maximum atomic E-state index is 13.5. The van der Waals surface area contributed by atoms with Crippen molar-refractivity contribution in [3.63, 3.8) is 0 Å². The van der Waals surface area contributed by atoms with E-state index in [1.807, 2.05) is 36.4 Å². The summed E-state index contributed by atoms with van der Waals surface area (Å²) in [7, 11) is 0. The summed E-state index contributed by atoms with van der Waals surface area (Å²) in [6, 6.07) is 15.0. The molecule has 0 amide bonds. The quantitative estimate of drug-likeness (QED) is 0.273. The Balaban J connectivity index is 1.92. The summed E-state index contributed by atoms with van der Waals surface area (Å²) in [5.74, 6) is 0.855. The van der Waals surface area contributed by atoms with Gasteiger partial charge in [0.25, 0.3) is 5.56 Å². The van der Waals surface area contributed by atoms with Gasteiger partial charge in [0.15, 0.2) is 5.75 Å². The molecule has 178 valence electrons. The van der Waals surface area contributed by atoms with E-state index in [9.17, 15) is 9.90 Å². The first kappa shape index (κ1) is 24.7. The van der Waals surface area contributed by atoms with Gasteiger partial charge < -0.3 is 19.1 Å². The average molecular weight is 452 g/mol. The van der Waals surface area contributed by atoms with Crippen LogP contribution in [0.15, 0.2) is 53.3 Å². The third-order valence-corrected chi connectivity index (χ3v) is 5.87. The number of nitrogens with zero attached hydrogens (tertiary/aromatic N) is 1. The summed E-state index contributed by atoms with van der Waals surface area (Å²) in [6.45, 7) is 5.70. The topological polar surface area (TPSA) is 60.7 Å². The second-order valence-corrected chi connectivity index (χ2v) is 8.56. The third kappa shape index (κ3) is 6.77. The number of ether oxygens (including phenoxy) is 2. The van der Waals surface area contributed by atoms with Crippen molar-refractivity contribution in [3.05, 3.63) is 64.4 Å². The first-order chi connectivity index (χ1) is 16.2. The van der Waals surface area contributed by atoms with Gasteiger partial charge in [-0.15, -0.1) is 0 Å². The van der Waals surface area contributed by atoms with Crippen LogP contribution in [-0.4, -0.2) is 16.3 Å². The van der Waals surface area contributed by atoms with E-state index in [-0.39, 0.29) is 17.1 Å². The van der Waals surface area contributed by atoms with Crippen molar-refractivity contribution in [1.82, 2.24) is 4.57 Å². The minimum absolute atomic E-state index is 0.127. The Kier molecular flexibility index (Phi) is 9.67. The minimum Gasteiger partial charge on any atom is -0.508 e. The highest BCUT2D eigenvalue weighted by Crippen LogP contribution is 2.35. The fourth-order valence-electron chi connectivity index (χ4n) is 3.98. The van der Waals surface area contributed by atoms with Crippen LogP contribution in [0.3, 0.4) is 0 Å². The Hall–Kier alpha value is -2.95. The minimum atomic E-state index is -0.199. The van der Waals surface area contributed by atoms with Crippen LogP contribution in [0.1, 0.15) is 70.8 Å². The second kappa shape index (κ2) is 12.9. The number of hydrogen-bond donors (Lipinski definition) is 1. The number of unbranched alkanes of at least 4 members (excludes halogenated alkanes) is 6. The van der Waals surface area contributed by atoms with Crippen molar-refractivity contribution >= 4 is 10.9 Å². The number of phenolic OH excluding ortho intramolecular Hbond substituents is 1. The maximum Gasteiger partial charge on any atom is 0.297 e. The number of phenols is 1. The molecule has 2 aromatic carbocycles. The lowest BCUT2D eigenvalue weighted by molar-refractivity contribution is 0.255. The van der Waals surface area contributed by atoms with E-state index in [1.165, 1.54) is 25.7 Å². The fraction of sp³-hybridized carbons (Fsp3) is 0.464. The van der Waals surface area contributed by atoms with Crippen LogP contribution in [0.2, 0.25) is 0 Å². The molecule has 0 saturated heterocycles. The van der Waals surface area contributed by atoms with Crippen LogP contribution in [0.25, 0.3) is 10.9 Å². The monoisotopic (exact) mass is 451 g/mol. The molecule has 0 atom stereocenters. The average Bonchev–Trinajstić information content (AvgIpc) is 2.83. The SMILES string of the molecule is CCCCCCCCOc1c(OCc2ccccc2)c2ccc(O)cc2n(CCCC)c1=O. The molecule has 3 rings (SSSR count). The summed E-state index contributed by atoms with van der Waals surface area (Å²) in [5, 5.41) is 10.9. The molecule has 33 heavy (non-hydrogen) atoms. The van der Waals surface area contributed by atoms with Crippen molar-refractivity contribution < 1.29 is 14.6 Å². The predicted octanol–water partition coefficient (Wildman–Crippen LogP) is 6.83. The third-order valence-electron chi connectivity index (χ3n) is 5.87. The van der Waals surface area contributed by atoms with Gasteiger partial charge in [0, 0.05) is 18.0 Å². The van der Waals surface area contributed by atoms with E-state index >= 15 is 0 Å². The molecular weight excluding hydrogens is 414 g/mol. The number of hydrogen-bond acceptors (Lipinski definition) is 4. The second-order valence-electron chi connectivity index (χ2n) is 8.56. The molecule has 1 aromatic heterocycles. The van der Waals surface area contributed by atoms with E-state index in [0.29, 0.717) is 31.0 Å². The lowest BCUT2D eigenvalue weighted by atomic mass is 10.1. The van der Waals surface area contributed by atoms with Crippen molar-refractivity contribution in [2.24, 2.45) is 0 Å². The van der Waals surface area contributed by atoms with Crippen LogP contribution in [0.4, 0.5) is 0 Å². The summed E-state index contributed by atoms with van der Waals surface area (Å²) < 4.78 is 14.0. The molecule has 5 heteroatoms. The van der Waals surface area contributed by atoms with Crippen molar-refractivity contribution in [2.75, 3.05) is 6.61 Å². The molecule has 1 heterocycles. The number of pyridine rings is 1. The highest BCUT2D eigenvalue weighted by atomic mass is 16.5. The molecule has 5 nitrogen and oxygen atoms in total. The molecule has 0 bridgehead atoms. The molecule has 0 fully saturated rings. The standard InChI is InChI=1S/C28H37NO4/c1-3-5-7-8-9-13-19-32-27-26(33-21-22-14-11-10-12-15-22)24-17-16-23(30)20-25(24)29(28(27)31)18-6-4-2/h10-12,14-17,20,30H,3-9,13,18-19,21H2,1-2H3. The van der Waals surface area contributed by atoms with Crippen LogP contribution in [0.5, 0.6) is 17.2 Å². The number of aryl methyl sites for hydroxylation is 1. The Morgan fingerprint density at radius 1 is 0.818 bits per heavy atom. The molecule has 0 aliphatic heterocycles. The van der Waals surface area contributed by atoms with Gasteiger partial charge in [0.05, 0.1) is 12.1 Å². The predicted molar refractivity (Wildman–Crippen MR) is 134 cm³/mol. The molecule has 3 aromatic rings. The van der Waals surface area contributed by atoms with Gasteiger partial charge >= 0.3 is 0 Å². The van der Waals surface area contributed by atoms with E-state index < -0.39 is 0 Å². The maximum absolute atomic E-state index is 13.5. The van der Waals surface area contributed by atoms with Gasteiger partial charge in [-0.05, 0) is 30.5 Å². The Morgan fingerprint density at radius 2 is 1.55 bits per heavy atom. The van der Waals surface area contributed by atoms with Crippen molar-refractivity contribution in [2.45, 2.75) is 78.4 Å². The van der Waals surface area contributed by atoms with Crippen LogP contribution < -0.4 is 15.0 Å². The van der Waals surface area contributed by atoms with E-state index in [2.05, 4.69) is 13.8 Å². The molecule has 0 saturated carbocycles. The summed E-state index contributed by atoms with van der Waals surface area (Å²) in [5.41, 5.74) is 1.49. The van der Waals surface area contributed by atoms with Gasteiger partial charge in [-0.3, -0.25) is 4.79 Å². The zero-order chi connectivity index (χ0) is 23.5. The van der Waals surface area contributed by atoms with Gasteiger partial charge in [0.1, 0.15) is 12.4 Å². The highest BCUT2D eigenvalue weighted by molar-refractivity contribution is 5.89. The van der Waals surface area contributed by atoms with Gasteiger partial charge in [-0.25, -0.2) is 0 Å². The molecule has 0 aliphatic carbocycles. The van der Waals surface area contributed by atoms with E-state index in [0.717, 1.165) is 36.6 Å². The van der Waals surface area contributed by atoms with Crippen LogP contribution in [-0.2, 0) is 13.2 Å². The summed E-state index contributed by atoms with van der Waals surface area (Å²) in [4.78, 5) is 13.5. The smallest absolute Gasteiger partial charge is 0.297 e. The van der Waals surface area contributed by atoms with Crippen LogP contribution >= 0.6 is 0 Å². The number of aromatic hydroxyl groups is 1. The molecule has 0 aliphatic rings. The Labute approximate surface area is 197 Å². The molecule has 0 unspecified atom stereocenters. The summed E-state index contributed by atoms with van der Waals surface area (Å²) in [6.07, 6.45) is 8.74. The molecule has 1 N–H and O–H groups in total. The van der Waals surface area contributed by atoms with E-state index in [4.69, 9.17) is 9.47 Å². The lowest BCUT2D eigenvalue weighted by Gasteiger charge is -2.19. The number of rotatable bonds is 14. The molecule has 0 radical (unpaired) electrons. The normalized spacial score (nSPS) is 11.1. The lowest BCUT2D eigenvalue weighted by Crippen LogP contribution is -2.24. The zero-order valence-electron chi connectivity index (χ0n) is 20.0. The van der Waals surface area contributed by atoms with Crippen molar-refractivity contribution in [3.8, 4) is 17.2 Å². The highest BCUT2D eigenvalue weighted by Gasteiger charge is 2.20. The van der Waals surface area contributed by atoms with E-state index in [1.54, 1.807) is 16.7 Å². The number of benzene rings is 2. The fourth-order valence-corrected chi connectivity index (χ4v) is 3.98.